The topological polar surface area (TPSA) is 102 Å². The molecule has 0 spiro atoms. The lowest BCUT2D eigenvalue weighted by Gasteiger charge is -2.36. The molecule has 0 fully saturated rings. The van der Waals surface area contributed by atoms with Crippen molar-refractivity contribution in [2.24, 2.45) is 5.73 Å². The van der Waals surface area contributed by atoms with Crippen LogP contribution in [-0.4, -0.2) is 36.4 Å². The number of ether oxygens (including phenoxy) is 1. The fraction of sp³-hybridized carbons (Fsp3) is 0.300. The standard InChI is InChI=1S/C20H22N2O4/c1-26-19(25)22-20(18(23)24,11-6-12-21)17-15-9-4-2-7-13(15)14-8-3-5-10-16(14)17/h2-5,7-10,17H,6,11-12,21H2,1H3,(H,22,25)(H,23,24)/t20-/m1/s1. The zero-order chi connectivity index (χ0) is 18.7. The molecule has 0 radical (unpaired) electrons. The summed E-state index contributed by atoms with van der Waals surface area (Å²) in [4.78, 5) is 24.5. The maximum atomic E-state index is 12.5. The Hall–Kier alpha value is -2.86. The van der Waals surface area contributed by atoms with Crippen molar-refractivity contribution in [3.8, 4) is 11.1 Å². The molecule has 2 aromatic rings. The lowest BCUT2D eigenvalue weighted by molar-refractivity contribution is -0.145. The molecule has 3 rings (SSSR count). The minimum Gasteiger partial charge on any atom is -0.479 e. The number of fused-ring (bicyclic) bond motifs is 3. The fourth-order valence-electron chi connectivity index (χ4n) is 3.86. The Morgan fingerprint density at radius 1 is 1.12 bits per heavy atom. The molecule has 26 heavy (non-hydrogen) atoms. The summed E-state index contributed by atoms with van der Waals surface area (Å²) in [6.45, 7) is 0.327. The molecule has 4 N–H and O–H groups in total. The van der Waals surface area contributed by atoms with Gasteiger partial charge < -0.3 is 20.9 Å². The second-order valence-corrected chi connectivity index (χ2v) is 6.39. The van der Waals surface area contributed by atoms with Crippen LogP contribution in [0.1, 0.15) is 29.9 Å². The van der Waals surface area contributed by atoms with Crippen LogP contribution in [0.4, 0.5) is 4.79 Å². The molecular formula is C20H22N2O4. The summed E-state index contributed by atoms with van der Waals surface area (Å²) in [5.41, 5.74) is 7.83. The number of benzene rings is 2. The first-order chi connectivity index (χ1) is 12.5. The molecule has 1 aliphatic carbocycles. The van der Waals surface area contributed by atoms with Gasteiger partial charge in [-0.05, 0) is 41.6 Å². The highest BCUT2D eigenvalue weighted by Gasteiger charge is 2.51. The number of methoxy groups -OCH3 is 1. The van der Waals surface area contributed by atoms with Crippen LogP contribution in [-0.2, 0) is 9.53 Å². The monoisotopic (exact) mass is 354 g/mol. The van der Waals surface area contributed by atoms with Crippen molar-refractivity contribution in [2.45, 2.75) is 24.3 Å². The van der Waals surface area contributed by atoms with Crippen LogP contribution < -0.4 is 11.1 Å². The van der Waals surface area contributed by atoms with E-state index in [0.717, 1.165) is 22.3 Å². The van der Waals surface area contributed by atoms with Crippen LogP contribution in [0.3, 0.4) is 0 Å². The Morgan fingerprint density at radius 2 is 1.65 bits per heavy atom. The van der Waals surface area contributed by atoms with Crippen molar-refractivity contribution in [3.05, 3.63) is 59.7 Å². The summed E-state index contributed by atoms with van der Waals surface area (Å²) in [5, 5.41) is 12.8. The van der Waals surface area contributed by atoms with Gasteiger partial charge in [0.15, 0.2) is 5.54 Å². The number of carbonyl (C=O) groups excluding carboxylic acids is 1. The third-order valence-corrected chi connectivity index (χ3v) is 4.99. The number of carboxylic acids is 1. The molecule has 0 saturated heterocycles. The van der Waals surface area contributed by atoms with E-state index in [9.17, 15) is 14.7 Å². The largest absolute Gasteiger partial charge is 0.479 e. The highest BCUT2D eigenvalue weighted by molar-refractivity contribution is 5.90. The SMILES string of the molecule is COC(=O)N[C@@](CCCN)(C(=O)O)C1c2ccccc2-c2ccccc21. The summed E-state index contributed by atoms with van der Waals surface area (Å²) >= 11 is 0. The van der Waals surface area contributed by atoms with E-state index in [1.54, 1.807) is 0 Å². The number of aliphatic carboxylic acids is 1. The predicted molar refractivity (Wildman–Crippen MR) is 97.9 cm³/mol. The number of alkyl carbamates (subject to hydrolysis) is 1. The highest BCUT2D eigenvalue weighted by Crippen LogP contribution is 2.50. The quantitative estimate of drug-likeness (QED) is 0.740. The van der Waals surface area contributed by atoms with E-state index in [-0.39, 0.29) is 6.42 Å². The molecule has 6 heteroatoms. The van der Waals surface area contributed by atoms with Crippen LogP contribution in [0, 0.1) is 0 Å². The van der Waals surface area contributed by atoms with Gasteiger partial charge in [0.25, 0.3) is 0 Å². The zero-order valence-corrected chi connectivity index (χ0v) is 14.6. The third-order valence-electron chi connectivity index (χ3n) is 4.99. The van der Waals surface area contributed by atoms with Gasteiger partial charge in [0.1, 0.15) is 0 Å². The van der Waals surface area contributed by atoms with E-state index in [2.05, 4.69) is 5.32 Å². The van der Waals surface area contributed by atoms with E-state index >= 15 is 0 Å². The average molecular weight is 354 g/mol. The van der Waals surface area contributed by atoms with E-state index < -0.39 is 23.5 Å². The number of nitrogens with one attached hydrogen (secondary N) is 1. The minimum atomic E-state index is -1.55. The molecule has 1 atom stereocenters. The normalized spacial score (nSPS) is 14.8. The third kappa shape index (κ3) is 2.82. The van der Waals surface area contributed by atoms with Gasteiger partial charge in [-0.15, -0.1) is 0 Å². The molecule has 2 aromatic carbocycles. The van der Waals surface area contributed by atoms with Crippen molar-refractivity contribution in [2.75, 3.05) is 13.7 Å². The van der Waals surface area contributed by atoms with Crippen molar-refractivity contribution in [3.63, 3.8) is 0 Å². The number of hydrogen-bond acceptors (Lipinski definition) is 4. The van der Waals surface area contributed by atoms with E-state index in [1.807, 2.05) is 48.5 Å². The maximum Gasteiger partial charge on any atom is 0.407 e. The fourth-order valence-corrected chi connectivity index (χ4v) is 3.86. The predicted octanol–water partition coefficient (Wildman–Crippen LogP) is 2.72. The van der Waals surface area contributed by atoms with E-state index in [4.69, 9.17) is 10.5 Å². The summed E-state index contributed by atoms with van der Waals surface area (Å²) in [5.74, 6) is -1.63. The van der Waals surface area contributed by atoms with Crippen LogP contribution in [0.15, 0.2) is 48.5 Å². The van der Waals surface area contributed by atoms with Crippen molar-refractivity contribution >= 4 is 12.1 Å². The Balaban J connectivity index is 2.22. The summed E-state index contributed by atoms with van der Waals surface area (Å²) in [6.07, 6.45) is -0.121. The van der Waals surface area contributed by atoms with Gasteiger partial charge in [-0.3, -0.25) is 0 Å². The Bertz CT molecular complexity index is 791. The van der Waals surface area contributed by atoms with Gasteiger partial charge >= 0.3 is 12.1 Å². The van der Waals surface area contributed by atoms with Gasteiger partial charge in [-0.2, -0.15) is 0 Å². The Morgan fingerprint density at radius 3 is 2.12 bits per heavy atom. The van der Waals surface area contributed by atoms with Gasteiger partial charge in [-0.25, -0.2) is 9.59 Å². The van der Waals surface area contributed by atoms with E-state index in [0.29, 0.717) is 13.0 Å². The van der Waals surface area contributed by atoms with Crippen molar-refractivity contribution < 1.29 is 19.4 Å². The van der Waals surface area contributed by atoms with Crippen LogP contribution >= 0.6 is 0 Å². The Labute approximate surface area is 152 Å². The first kappa shape index (κ1) is 17.9. The number of rotatable bonds is 6. The van der Waals surface area contributed by atoms with Crippen LogP contribution in [0.25, 0.3) is 11.1 Å². The van der Waals surface area contributed by atoms with Gasteiger partial charge in [0.05, 0.1) is 7.11 Å². The minimum absolute atomic E-state index is 0.196. The molecular weight excluding hydrogens is 332 g/mol. The Kier molecular flexibility index (Phi) is 4.95. The maximum absolute atomic E-state index is 12.5. The summed E-state index contributed by atoms with van der Waals surface area (Å²) < 4.78 is 4.73. The zero-order valence-electron chi connectivity index (χ0n) is 14.6. The molecule has 1 aliphatic rings. The number of nitrogens with two attached hydrogens (primary N) is 1. The molecule has 0 unspecified atom stereocenters. The lowest BCUT2D eigenvalue weighted by Crippen LogP contribution is -2.58. The number of hydrogen-bond donors (Lipinski definition) is 3. The van der Waals surface area contributed by atoms with Gasteiger partial charge in [-0.1, -0.05) is 48.5 Å². The number of carbonyl (C=O) groups is 2. The van der Waals surface area contributed by atoms with Crippen molar-refractivity contribution in [1.82, 2.24) is 5.32 Å². The smallest absolute Gasteiger partial charge is 0.407 e. The first-order valence-electron chi connectivity index (χ1n) is 8.53. The van der Waals surface area contributed by atoms with Gasteiger partial charge in [0, 0.05) is 5.92 Å². The first-order valence-corrected chi connectivity index (χ1v) is 8.53. The summed E-state index contributed by atoms with van der Waals surface area (Å²) in [6, 6.07) is 15.4. The second-order valence-electron chi connectivity index (χ2n) is 6.39. The van der Waals surface area contributed by atoms with Crippen LogP contribution in [0.2, 0.25) is 0 Å². The van der Waals surface area contributed by atoms with Gasteiger partial charge in [0.2, 0.25) is 0 Å². The molecule has 0 bridgehead atoms. The molecule has 0 saturated carbocycles. The molecule has 0 aliphatic heterocycles. The lowest BCUT2D eigenvalue weighted by atomic mass is 9.74. The second kappa shape index (κ2) is 7.17. The molecule has 1 amide bonds. The number of carboxylic acid groups (broad SMARTS) is 1. The number of amides is 1. The summed E-state index contributed by atoms with van der Waals surface area (Å²) in [7, 11) is 1.22. The molecule has 6 nitrogen and oxygen atoms in total. The highest BCUT2D eigenvalue weighted by atomic mass is 16.5. The van der Waals surface area contributed by atoms with E-state index in [1.165, 1.54) is 7.11 Å². The van der Waals surface area contributed by atoms with Crippen LogP contribution in [0.5, 0.6) is 0 Å². The molecule has 0 aromatic heterocycles. The molecule has 136 valence electrons. The van der Waals surface area contributed by atoms with Crippen molar-refractivity contribution in [1.29, 1.82) is 0 Å². The average Bonchev–Trinajstić information content (AvgIpc) is 3.00. The molecule has 0 heterocycles.